The Morgan fingerprint density at radius 2 is 1.64 bits per heavy atom. The van der Waals surface area contributed by atoms with Crippen LogP contribution in [0.5, 0.6) is 0 Å². The first kappa shape index (κ1) is 5.36. The second-order valence-electron chi connectivity index (χ2n) is 3.19. The van der Waals surface area contributed by atoms with E-state index in [0.717, 1.165) is 0 Å². The molecule has 0 nitrogen and oxygen atoms in total. The van der Waals surface area contributed by atoms with Crippen LogP contribution in [0.1, 0.15) is 0 Å². The average molecular weight is 140 g/mol. The highest BCUT2D eigenvalue weighted by atomic mass is 14.4. The molecular weight excluding hydrogens is 132 g/mol. The topological polar surface area (TPSA) is 0 Å². The molecule has 0 spiro atoms. The normalized spacial score (nSPS) is 26.9. The molecule has 0 saturated carbocycles. The summed E-state index contributed by atoms with van der Waals surface area (Å²) in [6.45, 7) is 0. The summed E-state index contributed by atoms with van der Waals surface area (Å²) in [6, 6.07) is 0. The van der Waals surface area contributed by atoms with Crippen LogP contribution in [0.4, 0.5) is 0 Å². The van der Waals surface area contributed by atoms with Gasteiger partial charge in [0.2, 0.25) is 0 Å². The van der Waals surface area contributed by atoms with Gasteiger partial charge in [0, 0.05) is 0 Å². The van der Waals surface area contributed by atoms with E-state index in [1.54, 1.807) is 0 Å². The van der Waals surface area contributed by atoms with Crippen molar-refractivity contribution in [3.63, 3.8) is 0 Å². The minimum absolute atomic E-state index is 0.157. The average Bonchev–Trinajstić information content (AvgIpc) is 2.58. The summed E-state index contributed by atoms with van der Waals surface area (Å²) in [5.41, 5.74) is 2.98. The summed E-state index contributed by atoms with van der Waals surface area (Å²) in [6.07, 6.45) is 17.6. The van der Waals surface area contributed by atoms with Gasteiger partial charge in [0.15, 0.2) is 0 Å². The third kappa shape index (κ3) is 0.474. The highest BCUT2D eigenvalue weighted by Gasteiger charge is 2.34. The molecule has 0 unspecified atom stereocenters. The summed E-state index contributed by atoms with van der Waals surface area (Å²) in [5, 5.41) is 0. The number of hydrogen-bond donors (Lipinski definition) is 0. The zero-order chi connectivity index (χ0) is 7.31. The molecule has 0 atom stereocenters. The highest BCUT2D eigenvalue weighted by molar-refractivity contribution is 5.64. The van der Waals surface area contributed by atoms with Gasteiger partial charge in [-0.25, -0.2) is 0 Å². The lowest BCUT2D eigenvalue weighted by Gasteiger charge is -2.21. The van der Waals surface area contributed by atoms with Gasteiger partial charge in [-0.2, -0.15) is 0 Å². The van der Waals surface area contributed by atoms with E-state index < -0.39 is 0 Å². The van der Waals surface area contributed by atoms with Crippen molar-refractivity contribution in [3.05, 3.63) is 59.8 Å². The molecule has 3 rings (SSSR count). The summed E-state index contributed by atoms with van der Waals surface area (Å²) >= 11 is 0. The summed E-state index contributed by atoms with van der Waals surface area (Å²) < 4.78 is 0. The standard InChI is InChI=1S/C11H8/c1-2-6-11-7-4-9(5-8-11)10(11)3-1/h1-8H. The van der Waals surface area contributed by atoms with Crippen LogP contribution >= 0.6 is 0 Å². The Morgan fingerprint density at radius 1 is 0.818 bits per heavy atom. The Morgan fingerprint density at radius 3 is 2.36 bits per heavy atom. The zero-order valence-corrected chi connectivity index (χ0v) is 6.12. The second kappa shape index (κ2) is 1.48. The first-order valence-corrected chi connectivity index (χ1v) is 3.90. The zero-order valence-electron chi connectivity index (χ0n) is 6.12. The maximum atomic E-state index is 2.26. The molecule has 52 valence electrons. The molecule has 0 heteroatoms. The predicted octanol–water partition coefficient (Wildman–Crippen LogP) is 2.54. The molecule has 0 heterocycles. The van der Waals surface area contributed by atoms with Gasteiger partial charge < -0.3 is 0 Å². The van der Waals surface area contributed by atoms with Crippen molar-refractivity contribution in [2.24, 2.45) is 5.41 Å². The van der Waals surface area contributed by atoms with E-state index in [4.69, 9.17) is 0 Å². The Labute approximate surface area is 65.9 Å². The molecule has 0 radical (unpaired) electrons. The Hall–Kier alpha value is -1.30. The minimum Gasteiger partial charge on any atom is -0.0664 e. The number of allylic oxidation sites excluding steroid dienone is 10. The van der Waals surface area contributed by atoms with Crippen molar-refractivity contribution in [3.8, 4) is 0 Å². The van der Waals surface area contributed by atoms with Crippen molar-refractivity contribution < 1.29 is 0 Å². The monoisotopic (exact) mass is 140 g/mol. The molecule has 3 aliphatic carbocycles. The van der Waals surface area contributed by atoms with Crippen LogP contribution in [0.3, 0.4) is 0 Å². The lowest BCUT2D eigenvalue weighted by molar-refractivity contribution is 0.797. The van der Waals surface area contributed by atoms with Crippen LogP contribution in [0.15, 0.2) is 59.8 Å². The fourth-order valence-corrected chi connectivity index (χ4v) is 1.98. The summed E-state index contributed by atoms with van der Waals surface area (Å²) in [7, 11) is 0. The maximum Gasteiger partial charge on any atom is 0.0508 e. The minimum atomic E-state index is 0.157. The van der Waals surface area contributed by atoms with E-state index in [-0.39, 0.29) is 5.41 Å². The van der Waals surface area contributed by atoms with Gasteiger partial charge >= 0.3 is 0 Å². The molecule has 2 bridgehead atoms. The third-order valence-electron chi connectivity index (χ3n) is 2.60. The largest absolute Gasteiger partial charge is 0.0664 e. The molecule has 3 aliphatic rings. The SMILES string of the molecule is C1=CC2=C3C=CC2(C=C1)C=C3. The van der Waals surface area contributed by atoms with Gasteiger partial charge in [-0.3, -0.25) is 0 Å². The maximum absolute atomic E-state index is 2.26. The molecule has 0 saturated heterocycles. The molecule has 0 amide bonds. The van der Waals surface area contributed by atoms with Crippen LogP contribution in [0.2, 0.25) is 0 Å². The van der Waals surface area contributed by atoms with Crippen molar-refractivity contribution in [1.82, 2.24) is 0 Å². The van der Waals surface area contributed by atoms with Crippen LogP contribution < -0.4 is 0 Å². The van der Waals surface area contributed by atoms with Crippen LogP contribution in [0, 0.1) is 5.41 Å². The number of hydrogen-bond acceptors (Lipinski definition) is 0. The molecule has 0 aromatic carbocycles. The first-order valence-electron chi connectivity index (χ1n) is 3.90. The molecule has 0 N–H and O–H groups in total. The highest BCUT2D eigenvalue weighted by Crippen LogP contribution is 2.47. The van der Waals surface area contributed by atoms with E-state index in [0.29, 0.717) is 0 Å². The van der Waals surface area contributed by atoms with Gasteiger partial charge in [0.1, 0.15) is 0 Å². The van der Waals surface area contributed by atoms with Gasteiger partial charge in [-0.1, -0.05) is 48.6 Å². The summed E-state index contributed by atoms with van der Waals surface area (Å²) in [5.74, 6) is 0. The van der Waals surface area contributed by atoms with Crippen molar-refractivity contribution in [2.75, 3.05) is 0 Å². The van der Waals surface area contributed by atoms with Crippen LogP contribution in [-0.2, 0) is 0 Å². The lowest BCUT2D eigenvalue weighted by atomic mass is 9.81. The predicted molar refractivity (Wildman–Crippen MR) is 46.0 cm³/mol. The second-order valence-corrected chi connectivity index (χ2v) is 3.19. The fourth-order valence-electron chi connectivity index (χ4n) is 1.98. The molecule has 0 fully saturated rings. The smallest absolute Gasteiger partial charge is 0.0508 e. The first-order chi connectivity index (χ1) is 5.41. The van der Waals surface area contributed by atoms with E-state index in [2.05, 4.69) is 48.6 Å². The van der Waals surface area contributed by atoms with E-state index >= 15 is 0 Å². The molecule has 0 aromatic heterocycles. The van der Waals surface area contributed by atoms with E-state index in [9.17, 15) is 0 Å². The Kier molecular flexibility index (Phi) is 0.719. The molecular formula is C11H8. The quantitative estimate of drug-likeness (QED) is 0.485. The molecule has 0 aromatic rings. The Balaban J connectivity index is 2.34. The fraction of sp³-hybridized carbons (Fsp3) is 0.0909. The summed E-state index contributed by atoms with van der Waals surface area (Å²) in [4.78, 5) is 0. The Bertz CT molecular complexity index is 343. The van der Waals surface area contributed by atoms with Gasteiger partial charge in [0.05, 0.1) is 5.41 Å². The van der Waals surface area contributed by atoms with Gasteiger partial charge in [-0.15, -0.1) is 0 Å². The molecule has 0 aliphatic heterocycles. The van der Waals surface area contributed by atoms with Crippen LogP contribution in [0.25, 0.3) is 0 Å². The van der Waals surface area contributed by atoms with Gasteiger partial charge in [0.25, 0.3) is 0 Å². The molecule has 11 heavy (non-hydrogen) atoms. The van der Waals surface area contributed by atoms with Crippen molar-refractivity contribution >= 4 is 0 Å². The van der Waals surface area contributed by atoms with Crippen molar-refractivity contribution in [2.45, 2.75) is 0 Å². The van der Waals surface area contributed by atoms with E-state index in [1.807, 2.05) is 0 Å². The number of rotatable bonds is 0. The lowest BCUT2D eigenvalue weighted by Crippen LogP contribution is -2.10. The van der Waals surface area contributed by atoms with Crippen LogP contribution in [-0.4, -0.2) is 0 Å². The van der Waals surface area contributed by atoms with Gasteiger partial charge in [-0.05, 0) is 11.1 Å². The third-order valence-corrected chi connectivity index (χ3v) is 2.60. The van der Waals surface area contributed by atoms with E-state index in [1.165, 1.54) is 11.1 Å². The van der Waals surface area contributed by atoms with Crippen molar-refractivity contribution in [1.29, 1.82) is 0 Å².